The number of ether oxygens (including phenoxy) is 2. The van der Waals surface area contributed by atoms with E-state index < -0.39 is 0 Å². The molecule has 0 atom stereocenters. The van der Waals surface area contributed by atoms with E-state index in [1.807, 2.05) is 6.07 Å². The molecule has 4 rings (SSSR count). The molecule has 3 aromatic carbocycles. The van der Waals surface area contributed by atoms with Crippen molar-refractivity contribution >= 4 is 58.3 Å². The molecule has 0 aliphatic carbocycles. The molecule has 0 saturated heterocycles. The van der Waals surface area contributed by atoms with Gasteiger partial charge in [0.2, 0.25) is 5.78 Å². The fraction of sp³-hybridized carbons (Fsp3) is 0.0455. The van der Waals surface area contributed by atoms with Gasteiger partial charge in [-0.05, 0) is 53.6 Å². The number of carbonyl (C=O) groups excluding carboxylic acids is 1. The average molecular weight is 466 g/mol. The number of allylic oxidation sites excluding steroid dienone is 1. The van der Waals surface area contributed by atoms with Crippen LogP contribution in [0.25, 0.3) is 6.08 Å². The second-order valence-electron chi connectivity index (χ2n) is 6.30. The number of carbonyl (C=O) groups is 1. The molecule has 0 radical (unpaired) electrons. The molecule has 0 saturated carbocycles. The fourth-order valence-electron chi connectivity index (χ4n) is 2.81. The Labute approximate surface area is 187 Å². The number of hydrogen-bond acceptors (Lipinski definition) is 3. The maximum absolute atomic E-state index is 12.6. The predicted molar refractivity (Wildman–Crippen MR) is 117 cm³/mol. The summed E-state index contributed by atoms with van der Waals surface area (Å²) in [6, 6.07) is 15.4. The van der Waals surface area contributed by atoms with Crippen LogP contribution in [0, 0.1) is 0 Å². The first-order chi connectivity index (χ1) is 13.9. The Morgan fingerprint density at radius 2 is 1.69 bits per heavy atom. The summed E-state index contributed by atoms with van der Waals surface area (Å²) in [5.74, 6) is 0.958. The van der Waals surface area contributed by atoms with Gasteiger partial charge in [0.1, 0.15) is 18.1 Å². The van der Waals surface area contributed by atoms with Gasteiger partial charge >= 0.3 is 0 Å². The largest absolute Gasteiger partial charge is 0.489 e. The van der Waals surface area contributed by atoms with Crippen molar-refractivity contribution in [2.45, 2.75) is 6.61 Å². The molecule has 0 amide bonds. The zero-order valence-electron chi connectivity index (χ0n) is 14.7. The molecule has 0 spiro atoms. The first-order valence-corrected chi connectivity index (χ1v) is 10.0. The van der Waals surface area contributed by atoms with Crippen LogP contribution in [0.2, 0.25) is 20.1 Å². The number of ketones is 1. The van der Waals surface area contributed by atoms with E-state index in [0.29, 0.717) is 49.3 Å². The Kier molecular flexibility index (Phi) is 5.75. The minimum absolute atomic E-state index is 0.186. The number of rotatable bonds is 4. The average Bonchev–Trinajstić information content (AvgIpc) is 3.00. The van der Waals surface area contributed by atoms with Crippen molar-refractivity contribution in [2.75, 3.05) is 0 Å². The van der Waals surface area contributed by atoms with Gasteiger partial charge in [-0.15, -0.1) is 0 Å². The maximum Gasteiger partial charge on any atom is 0.231 e. The molecule has 0 N–H and O–H groups in total. The van der Waals surface area contributed by atoms with Gasteiger partial charge in [-0.1, -0.05) is 58.5 Å². The third-order valence-corrected chi connectivity index (χ3v) is 5.58. The van der Waals surface area contributed by atoms with Gasteiger partial charge in [0, 0.05) is 16.1 Å². The lowest BCUT2D eigenvalue weighted by Gasteiger charge is -2.08. The highest BCUT2D eigenvalue weighted by molar-refractivity contribution is 6.42. The second-order valence-corrected chi connectivity index (χ2v) is 7.96. The van der Waals surface area contributed by atoms with Crippen LogP contribution < -0.4 is 9.47 Å². The van der Waals surface area contributed by atoms with E-state index in [4.69, 9.17) is 55.9 Å². The van der Waals surface area contributed by atoms with Crippen LogP contribution in [0.3, 0.4) is 0 Å². The van der Waals surface area contributed by atoms with Crippen molar-refractivity contribution in [3.05, 3.63) is 97.1 Å². The summed E-state index contributed by atoms with van der Waals surface area (Å²) in [6.45, 7) is 0.298. The van der Waals surface area contributed by atoms with E-state index >= 15 is 0 Å². The normalized spacial score (nSPS) is 14.1. The monoisotopic (exact) mass is 464 g/mol. The first-order valence-electron chi connectivity index (χ1n) is 8.51. The van der Waals surface area contributed by atoms with Crippen LogP contribution >= 0.6 is 46.4 Å². The first kappa shape index (κ1) is 20.1. The molecular formula is C22H12Cl4O3. The maximum atomic E-state index is 12.6. The quantitative estimate of drug-likeness (QED) is 0.374. The van der Waals surface area contributed by atoms with Gasteiger partial charge in [-0.3, -0.25) is 4.79 Å². The van der Waals surface area contributed by atoms with E-state index in [2.05, 4.69) is 0 Å². The number of hydrogen-bond donors (Lipinski definition) is 0. The van der Waals surface area contributed by atoms with Gasteiger partial charge in [0.25, 0.3) is 0 Å². The van der Waals surface area contributed by atoms with Gasteiger partial charge in [0.05, 0.1) is 15.6 Å². The molecule has 1 aliphatic rings. The molecule has 7 heteroatoms. The highest BCUT2D eigenvalue weighted by Gasteiger charge is 2.28. The Hall–Kier alpha value is -2.17. The standard InChI is InChI=1S/C22H12Cl4O3/c23-14-3-2-13(18(25)9-14)8-21-22(27)16-5-4-15(10-20(16)29-21)28-11-12-1-6-17(24)19(26)7-12/h1-10H,11H2/b21-8-. The molecular weight excluding hydrogens is 454 g/mol. The Morgan fingerprint density at radius 1 is 0.862 bits per heavy atom. The van der Waals surface area contributed by atoms with E-state index in [-0.39, 0.29) is 11.5 Å². The predicted octanol–water partition coefficient (Wildman–Crippen LogP) is 7.50. The number of Topliss-reactive ketones (excluding diaryl/α,β-unsaturated/α-hetero) is 1. The smallest absolute Gasteiger partial charge is 0.231 e. The Bertz CT molecular complexity index is 1150. The number of halogens is 4. The van der Waals surface area contributed by atoms with Crippen LogP contribution in [0.15, 0.2) is 60.4 Å². The van der Waals surface area contributed by atoms with Crippen LogP contribution in [0.4, 0.5) is 0 Å². The van der Waals surface area contributed by atoms with Crippen molar-refractivity contribution < 1.29 is 14.3 Å². The van der Waals surface area contributed by atoms with Gasteiger partial charge < -0.3 is 9.47 Å². The van der Waals surface area contributed by atoms with Crippen LogP contribution in [-0.2, 0) is 6.61 Å². The summed E-state index contributed by atoms with van der Waals surface area (Å²) in [7, 11) is 0. The molecule has 29 heavy (non-hydrogen) atoms. The third-order valence-electron chi connectivity index (χ3n) is 4.28. The highest BCUT2D eigenvalue weighted by Crippen LogP contribution is 2.36. The minimum atomic E-state index is -0.220. The van der Waals surface area contributed by atoms with Crippen LogP contribution in [0.1, 0.15) is 21.5 Å². The molecule has 0 bridgehead atoms. The van der Waals surface area contributed by atoms with Gasteiger partial charge in [-0.2, -0.15) is 0 Å². The fourth-order valence-corrected chi connectivity index (χ4v) is 3.60. The molecule has 0 fully saturated rings. The number of fused-ring (bicyclic) bond motifs is 1. The van der Waals surface area contributed by atoms with Crippen molar-refractivity contribution in [3.63, 3.8) is 0 Å². The zero-order chi connectivity index (χ0) is 20.5. The number of benzene rings is 3. The lowest BCUT2D eigenvalue weighted by molar-refractivity contribution is 0.101. The molecule has 0 aromatic heterocycles. The molecule has 3 nitrogen and oxygen atoms in total. The van der Waals surface area contributed by atoms with E-state index in [0.717, 1.165) is 5.56 Å². The topological polar surface area (TPSA) is 35.5 Å². The molecule has 0 unspecified atom stereocenters. The lowest BCUT2D eigenvalue weighted by Crippen LogP contribution is -1.98. The Morgan fingerprint density at radius 3 is 2.45 bits per heavy atom. The SMILES string of the molecule is O=C1/C(=C/c2ccc(Cl)cc2Cl)Oc2cc(OCc3ccc(Cl)c(Cl)c3)ccc21. The van der Waals surface area contributed by atoms with Crippen molar-refractivity contribution in [2.24, 2.45) is 0 Å². The van der Waals surface area contributed by atoms with Gasteiger partial charge in [-0.25, -0.2) is 0 Å². The summed E-state index contributed by atoms with van der Waals surface area (Å²) in [5, 5.41) is 1.90. The third kappa shape index (κ3) is 4.39. The van der Waals surface area contributed by atoms with Crippen molar-refractivity contribution in [1.82, 2.24) is 0 Å². The zero-order valence-corrected chi connectivity index (χ0v) is 17.7. The molecule has 146 valence electrons. The minimum Gasteiger partial charge on any atom is -0.489 e. The van der Waals surface area contributed by atoms with Crippen LogP contribution in [0.5, 0.6) is 11.5 Å². The van der Waals surface area contributed by atoms with E-state index in [1.54, 1.807) is 54.6 Å². The molecule has 3 aromatic rings. The Balaban J connectivity index is 1.52. The summed E-state index contributed by atoms with van der Waals surface area (Å²) in [4.78, 5) is 12.6. The van der Waals surface area contributed by atoms with Crippen molar-refractivity contribution in [1.29, 1.82) is 0 Å². The van der Waals surface area contributed by atoms with E-state index in [9.17, 15) is 4.79 Å². The summed E-state index contributed by atoms with van der Waals surface area (Å²) in [6.07, 6.45) is 1.59. The highest BCUT2D eigenvalue weighted by atomic mass is 35.5. The summed E-state index contributed by atoms with van der Waals surface area (Å²) >= 11 is 24.0. The van der Waals surface area contributed by atoms with Crippen molar-refractivity contribution in [3.8, 4) is 11.5 Å². The van der Waals surface area contributed by atoms with Crippen LogP contribution in [-0.4, -0.2) is 5.78 Å². The molecule has 1 aliphatic heterocycles. The van der Waals surface area contributed by atoms with Gasteiger partial charge in [0.15, 0.2) is 5.76 Å². The lowest BCUT2D eigenvalue weighted by atomic mass is 10.1. The summed E-state index contributed by atoms with van der Waals surface area (Å²) in [5.41, 5.74) is 1.97. The van der Waals surface area contributed by atoms with E-state index in [1.165, 1.54) is 0 Å². The summed E-state index contributed by atoms with van der Waals surface area (Å²) < 4.78 is 11.5. The second kappa shape index (κ2) is 8.29. The molecule has 1 heterocycles.